The normalized spacial score (nSPS) is 11.1. The van der Waals surface area contributed by atoms with Crippen molar-refractivity contribution in [2.24, 2.45) is 0 Å². The van der Waals surface area contributed by atoms with Crippen LogP contribution >= 0.6 is 11.6 Å². The number of hydrogen-bond acceptors (Lipinski definition) is 4. The van der Waals surface area contributed by atoms with E-state index in [1.165, 1.54) is 0 Å². The molecule has 7 nitrogen and oxygen atoms in total. The molecule has 0 saturated heterocycles. The predicted octanol–water partition coefficient (Wildman–Crippen LogP) is 3.21. The Labute approximate surface area is 160 Å². The van der Waals surface area contributed by atoms with Gasteiger partial charge < -0.3 is 5.32 Å². The Bertz CT molecular complexity index is 1180. The summed E-state index contributed by atoms with van der Waals surface area (Å²) in [5.41, 5.74) is 4.63. The fraction of sp³-hybridized carbons (Fsp3) is 0.158. The number of carbonyl (C=O) groups excluding carboxylic acids is 1. The number of halogens is 1. The molecule has 3 heterocycles. The fourth-order valence-electron chi connectivity index (χ4n) is 3.11. The van der Waals surface area contributed by atoms with Crippen LogP contribution in [0.15, 0.2) is 42.9 Å². The molecule has 0 saturated carbocycles. The van der Waals surface area contributed by atoms with E-state index in [4.69, 9.17) is 11.6 Å². The molecule has 0 fully saturated rings. The van der Waals surface area contributed by atoms with E-state index in [-0.39, 0.29) is 5.91 Å². The third-order valence-electron chi connectivity index (χ3n) is 4.36. The molecule has 27 heavy (non-hydrogen) atoms. The van der Waals surface area contributed by atoms with Gasteiger partial charge in [-0.25, -0.2) is 14.5 Å². The molecule has 0 spiro atoms. The van der Waals surface area contributed by atoms with Crippen molar-refractivity contribution in [3.05, 3.63) is 64.8 Å². The van der Waals surface area contributed by atoms with Crippen LogP contribution in [0.5, 0.6) is 0 Å². The summed E-state index contributed by atoms with van der Waals surface area (Å²) in [4.78, 5) is 21.2. The zero-order valence-electron chi connectivity index (χ0n) is 15.1. The van der Waals surface area contributed by atoms with Gasteiger partial charge in [-0.2, -0.15) is 5.10 Å². The van der Waals surface area contributed by atoms with Crippen molar-refractivity contribution in [2.75, 3.05) is 7.05 Å². The third-order valence-corrected chi connectivity index (χ3v) is 4.69. The largest absolute Gasteiger partial charge is 0.355 e. The summed E-state index contributed by atoms with van der Waals surface area (Å²) in [6.07, 6.45) is 5.29. The molecule has 3 aromatic heterocycles. The molecule has 1 N–H and O–H groups in total. The maximum atomic E-state index is 12.1. The second-order valence-electron chi connectivity index (χ2n) is 6.20. The Morgan fingerprint density at radius 3 is 2.81 bits per heavy atom. The lowest BCUT2D eigenvalue weighted by Gasteiger charge is -2.10. The van der Waals surface area contributed by atoms with Crippen LogP contribution in [0.1, 0.15) is 21.7 Å². The molecule has 0 aliphatic carbocycles. The first-order valence-electron chi connectivity index (χ1n) is 8.37. The first kappa shape index (κ1) is 17.2. The van der Waals surface area contributed by atoms with Gasteiger partial charge in [0.1, 0.15) is 5.82 Å². The van der Waals surface area contributed by atoms with Crippen LogP contribution in [-0.2, 0) is 0 Å². The van der Waals surface area contributed by atoms with Crippen molar-refractivity contribution >= 4 is 23.2 Å². The van der Waals surface area contributed by atoms with Gasteiger partial charge in [-0.3, -0.25) is 9.36 Å². The van der Waals surface area contributed by atoms with Crippen LogP contribution in [0.3, 0.4) is 0 Å². The minimum atomic E-state index is -0.243. The SMILES string of the molecule is CNC(=O)c1cc(-n2ccnc2-c2cnn3c(C)cc(C)nc23)ccc1Cl. The number of carbonyl (C=O) groups is 1. The minimum absolute atomic E-state index is 0.243. The molecular weight excluding hydrogens is 364 g/mol. The highest BCUT2D eigenvalue weighted by atomic mass is 35.5. The average molecular weight is 381 g/mol. The number of imidazole rings is 1. The minimum Gasteiger partial charge on any atom is -0.355 e. The topological polar surface area (TPSA) is 77.1 Å². The van der Waals surface area contributed by atoms with Gasteiger partial charge in [-0.05, 0) is 38.1 Å². The molecule has 0 aliphatic rings. The number of benzene rings is 1. The van der Waals surface area contributed by atoms with Crippen molar-refractivity contribution < 1.29 is 4.79 Å². The lowest BCUT2D eigenvalue weighted by molar-refractivity contribution is 0.0963. The first-order valence-corrected chi connectivity index (χ1v) is 8.75. The maximum Gasteiger partial charge on any atom is 0.252 e. The highest BCUT2D eigenvalue weighted by Gasteiger charge is 2.17. The van der Waals surface area contributed by atoms with Gasteiger partial charge in [0.15, 0.2) is 5.65 Å². The second kappa shape index (κ2) is 6.51. The number of aromatic nitrogens is 5. The van der Waals surface area contributed by atoms with Crippen LogP contribution < -0.4 is 5.32 Å². The van der Waals surface area contributed by atoms with Crippen LogP contribution in [0, 0.1) is 13.8 Å². The van der Waals surface area contributed by atoms with Gasteiger partial charge in [0.05, 0.1) is 22.3 Å². The van der Waals surface area contributed by atoms with Crippen LogP contribution in [-0.4, -0.2) is 37.1 Å². The molecule has 8 heteroatoms. The van der Waals surface area contributed by atoms with Crippen LogP contribution in [0.2, 0.25) is 5.02 Å². The third kappa shape index (κ3) is 2.86. The standard InChI is InChI=1S/C19H17ClN6O/c1-11-8-12(2)26-18(24-11)15(10-23-26)17-22-6-7-25(17)13-4-5-16(20)14(9-13)19(27)21-3/h4-10H,1-3H3,(H,21,27). The monoisotopic (exact) mass is 380 g/mol. The summed E-state index contributed by atoms with van der Waals surface area (Å²) in [7, 11) is 1.57. The smallest absolute Gasteiger partial charge is 0.252 e. The number of hydrogen-bond donors (Lipinski definition) is 1. The molecule has 0 aliphatic heterocycles. The number of amides is 1. The Morgan fingerprint density at radius 1 is 1.22 bits per heavy atom. The number of nitrogens with zero attached hydrogens (tertiary/aromatic N) is 5. The lowest BCUT2D eigenvalue weighted by Crippen LogP contribution is -2.18. The number of aryl methyl sites for hydroxylation is 2. The van der Waals surface area contributed by atoms with Crippen molar-refractivity contribution in [1.29, 1.82) is 0 Å². The lowest BCUT2D eigenvalue weighted by atomic mass is 10.1. The number of nitrogens with one attached hydrogen (secondary N) is 1. The van der Waals surface area contributed by atoms with Crippen molar-refractivity contribution in [3.8, 4) is 17.1 Å². The van der Waals surface area contributed by atoms with E-state index in [0.717, 1.165) is 28.3 Å². The molecule has 0 atom stereocenters. The Balaban J connectivity index is 1.89. The van der Waals surface area contributed by atoms with Gasteiger partial charge >= 0.3 is 0 Å². The molecule has 0 radical (unpaired) electrons. The quantitative estimate of drug-likeness (QED) is 0.592. The predicted molar refractivity (Wildman–Crippen MR) is 103 cm³/mol. The highest BCUT2D eigenvalue weighted by molar-refractivity contribution is 6.33. The first-order chi connectivity index (χ1) is 13.0. The summed E-state index contributed by atoms with van der Waals surface area (Å²) in [5.74, 6) is 0.445. The average Bonchev–Trinajstić information content (AvgIpc) is 3.28. The zero-order chi connectivity index (χ0) is 19.1. The van der Waals surface area contributed by atoms with Gasteiger partial charge in [0.25, 0.3) is 5.91 Å². The number of fused-ring (bicyclic) bond motifs is 1. The summed E-state index contributed by atoms with van der Waals surface area (Å²) in [6.45, 7) is 3.94. The van der Waals surface area contributed by atoms with Crippen LogP contribution in [0.4, 0.5) is 0 Å². The molecule has 1 aromatic carbocycles. The highest BCUT2D eigenvalue weighted by Crippen LogP contribution is 2.27. The maximum absolute atomic E-state index is 12.1. The van der Waals surface area contributed by atoms with Crippen molar-refractivity contribution in [3.63, 3.8) is 0 Å². The summed E-state index contributed by atoms with van der Waals surface area (Å²) in [5, 5.41) is 7.43. The molecule has 0 bridgehead atoms. The zero-order valence-corrected chi connectivity index (χ0v) is 15.8. The molecule has 4 aromatic rings. The van der Waals surface area contributed by atoms with Gasteiger partial charge in [0.2, 0.25) is 0 Å². The van der Waals surface area contributed by atoms with E-state index in [0.29, 0.717) is 16.4 Å². The van der Waals surface area contributed by atoms with Crippen LogP contribution in [0.25, 0.3) is 22.7 Å². The van der Waals surface area contributed by atoms with Gasteiger partial charge in [-0.1, -0.05) is 11.6 Å². The molecule has 0 unspecified atom stereocenters. The summed E-state index contributed by atoms with van der Waals surface area (Å²) < 4.78 is 3.68. The van der Waals surface area contributed by atoms with Gasteiger partial charge in [-0.15, -0.1) is 0 Å². The summed E-state index contributed by atoms with van der Waals surface area (Å²) in [6, 6.07) is 7.26. The molecule has 1 amide bonds. The molecular formula is C19H17ClN6O. The van der Waals surface area contributed by atoms with E-state index >= 15 is 0 Å². The number of rotatable bonds is 3. The van der Waals surface area contributed by atoms with Crippen molar-refractivity contribution in [2.45, 2.75) is 13.8 Å². The Hall–Kier alpha value is -3.19. The van der Waals surface area contributed by atoms with E-state index < -0.39 is 0 Å². The van der Waals surface area contributed by atoms with Crippen molar-refractivity contribution in [1.82, 2.24) is 29.5 Å². The van der Waals surface area contributed by atoms with E-state index in [9.17, 15) is 4.79 Å². The summed E-state index contributed by atoms with van der Waals surface area (Å²) >= 11 is 6.17. The van der Waals surface area contributed by atoms with E-state index in [1.807, 2.05) is 36.7 Å². The van der Waals surface area contributed by atoms with Gasteiger partial charge in [0, 0.05) is 36.5 Å². The second-order valence-corrected chi connectivity index (χ2v) is 6.60. The fourth-order valence-corrected chi connectivity index (χ4v) is 3.31. The molecule has 4 rings (SSSR count). The Morgan fingerprint density at radius 2 is 2.04 bits per heavy atom. The Kier molecular flexibility index (Phi) is 4.16. The van der Waals surface area contributed by atoms with E-state index in [1.54, 1.807) is 36.1 Å². The molecule has 136 valence electrons. The van der Waals surface area contributed by atoms with E-state index in [2.05, 4.69) is 20.4 Å².